The van der Waals surface area contributed by atoms with Crippen molar-refractivity contribution < 1.29 is 4.79 Å². The van der Waals surface area contributed by atoms with Crippen LogP contribution >= 0.6 is 11.3 Å². The van der Waals surface area contributed by atoms with Crippen LogP contribution in [0.1, 0.15) is 47.1 Å². The molecule has 1 aromatic heterocycles. The van der Waals surface area contributed by atoms with Gasteiger partial charge in [-0.15, -0.1) is 11.3 Å². The van der Waals surface area contributed by atoms with Crippen LogP contribution in [0.2, 0.25) is 0 Å². The summed E-state index contributed by atoms with van der Waals surface area (Å²) in [5.74, 6) is -0.128. The van der Waals surface area contributed by atoms with Crippen LogP contribution in [0.3, 0.4) is 0 Å². The highest BCUT2D eigenvalue weighted by Gasteiger charge is 2.15. The first-order chi connectivity index (χ1) is 13.9. The minimum Gasteiger partial charge on any atom is -0.298 e. The van der Waals surface area contributed by atoms with Crippen LogP contribution in [0.15, 0.2) is 72.9 Å². The highest BCUT2D eigenvalue weighted by atomic mass is 32.1. The summed E-state index contributed by atoms with van der Waals surface area (Å²) in [4.78, 5) is 18.1. The van der Waals surface area contributed by atoms with E-state index >= 15 is 0 Å². The van der Waals surface area contributed by atoms with Crippen LogP contribution in [0.4, 0.5) is 5.13 Å². The average Bonchev–Trinajstić information content (AvgIpc) is 3.14. The summed E-state index contributed by atoms with van der Waals surface area (Å²) in [6.07, 6.45) is 2.65. The maximum Gasteiger partial charge on any atom is 0.257 e. The number of carbonyl (C=O) groups is 1. The minimum atomic E-state index is -0.128. The van der Waals surface area contributed by atoms with Crippen molar-refractivity contribution in [1.82, 2.24) is 4.98 Å². The molecule has 0 bridgehead atoms. The first kappa shape index (κ1) is 19.3. The predicted molar refractivity (Wildman–Crippen MR) is 122 cm³/mol. The Morgan fingerprint density at radius 1 is 0.966 bits per heavy atom. The van der Waals surface area contributed by atoms with E-state index in [-0.39, 0.29) is 11.3 Å². The van der Waals surface area contributed by atoms with E-state index in [0.29, 0.717) is 10.7 Å². The number of anilines is 1. The van der Waals surface area contributed by atoms with E-state index in [9.17, 15) is 4.79 Å². The number of hydrogen-bond donors (Lipinski definition) is 1. The summed E-state index contributed by atoms with van der Waals surface area (Å²) in [6.45, 7) is 6.49. The van der Waals surface area contributed by atoms with Crippen LogP contribution < -0.4 is 5.32 Å². The number of rotatable bonds is 4. The second kappa shape index (κ2) is 7.80. The molecule has 0 aliphatic heterocycles. The van der Waals surface area contributed by atoms with Crippen molar-refractivity contribution in [1.29, 1.82) is 0 Å². The molecule has 0 radical (unpaired) electrons. The quantitative estimate of drug-likeness (QED) is 0.428. The van der Waals surface area contributed by atoms with Gasteiger partial charge in [0.2, 0.25) is 0 Å². The molecule has 0 aliphatic carbocycles. The summed E-state index contributed by atoms with van der Waals surface area (Å²) in [5.41, 5.74) is 3.19. The summed E-state index contributed by atoms with van der Waals surface area (Å²) in [5, 5.41) is 6.05. The molecular formula is C25H24N2OS. The molecule has 4 rings (SSSR count). The van der Waals surface area contributed by atoms with Crippen molar-refractivity contribution in [2.45, 2.75) is 32.6 Å². The number of carbonyl (C=O) groups excluding carboxylic acids is 1. The molecule has 3 aromatic carbocycles. The minimum absolute atomic E-state index is 0.0703. The smallest absolute Gasteiger partial charge is 0.257 e. The molecule has 1 heterocycles. The highest BCUT2D eigenvalue weighted by Crippen LogP contribution is 2.26. The fourth-order valence-electron chi connectivity index (χ4n) is 3.37. The Kier molecular flexibility index (Phi) is 5.20. The van der Waals surface area contributed by atoms with Gasteiger partial charge in [-0.3, -0.25) is 10.1 Å². The first-order valence-electron chi connectivity index (χ1n) is 9.73. The van der Waals surface area contributed by atoms with Gasteiger partial charge < -0.3 is 0 Å². The van der Waals surface area contributed by atoms with Gasteiger partial charge >= 0.3 is 0 Å². The number of nitrogens with zero attached hydrogens (tertiary/aromatic N) is 1. The Balaban J connectivity index is 1.47. The molecule has 3 nitrogen and oxygen atoms in total. The van der Waals surface area contributed by atoms with Gasteiger partial charge in [0.15, 0.2) is 5.13 Å². The molecule has 0 atom stereocenters. The zero-order chi connectivity index (χ0) is 20.4. The number of hydrogen-bond acceptors (Lipinski definition) is 3. The van der Waals surface area contributed by atoms with E-state index in [1.165, 1.54) is 33.2 Å². The third-order valence-corrected chi connectivity index (χ3v) is 5.94. The van der Waals surface area contributed by atoms with Gasteiger partial charge in [-0.2, -0.15) is 0 Å². The zero-order valence-electron chi connectivity index (χ0n) is 16.9. The number of nitrogens with one attached hydrogen (secondary N) is 1. The van der Waals surface area contributed by atoms with Crippen molar-refractivity contribution in [2.75, 3.05) is 5.32 Å². The lowest BCUT2D eigenvalue weighted by Crippen LogP contribution is -2.14. The van der Waals surface area contributed by atoms with Crippen LogP contribution in [-0.4, -0.2) is 10.9 Å². The van der Waals surface area contributed by atoms with E-state index in [2.05, 4.69) is 73.5 Å². The number of benzene rings is 3. The summed E-state index contributed by atoms with van der Waals surface area (Å²) in [7, 11) is 0. The van der Waals surface area contributed by atoms with Crippen molar-refractivity contribution in [3.8, 4) is 0 Å². The molecule has 0 spiro atoms. The van der Waals surface area contributed by atoms with Gasteiger partial charge in [-0.05, 0) is 39.4 Å². The van der Waals surface area contributed by atoms with Gasteiger partial charge in [0.1, 0.15) is 0 Å². The summed E-state index contributed by atoms with van der Waals surface area (Å²) < 4.78 is 0. The second-order valence-corrected chi connectivity index (χ2v) is 9.34. The average molecular weight is 401 g/mol. The van der Waals surface area contributed by atoms with Crippen LogP contribution in [0.5, 0.6) is 0 Å². The van der Waals surface area contributed by atoms with Crippen LogP contribution in [0, 0.1) is 0 Å². The van der Waals surface area contributed by atoms with E-state index in [1.54, 1.807) is 0 Å². The standard InChI is InChI=1S/C25H24N2OS/c1-25(2,3)20-13-11-18(12-14-20)23(28)27-24-26-16-21(29-24)15-19-9-6-8-17-7-4-5-10-22(17)19/h4-14,16H,15H2,1-3H3,(H,26,27,28). The van der Waals surface area contributed by atoms with Crippen molar-refractivity contribution in [3.63, 3.8) is 0 Å². The Labute approximate surface area is 175 Å². The van der Waals surface area contributed by atoms with Gasteiger partial charge in [-0.25, -0.2) is 4.98 Å². The summed E-state index contributed by atoms with van der Waals surface area (Å²) >= 11 is 1.52. The molecular weight excluding hydrogens is 376 g/mol. The van der Waals surface area contributed by atoms with Crippen LogP contribution in [-0.2, 0) is 11.8 Å². The molecule has 29 heavy (non-hydrogen) atoms. The number of aromatic nitrogens is 1. The lowest BCUT2D eigenvalue weighted by molar-refractivity contribution is 0.102. The van der Waals surface area contributed by atoms with E-state index < -0.39 is 0 Å². The second-order valence-electron chi connectivity index (χ2n) is 8.23. The van der Waals surface area contributed by atoms with E-state index in [0.717, 1.165) is 11.3 Å². The Morgan fingerprint density at radius 3 is 2.45 bits per heavy atom. The Morgan fingerprint density at radius 2 is 1.69 bits per heavy atom. The highest BCUT2D eigenvalue weighted by molar-refractivity contribution is 7.15. The Bertz CT molecular complexity index is 1150. The summed E-state index contributed by atoms with van der Waals surface area (Å²) in [6, 6.07) is 22.5. The lowest BCUT2D eigenvalue weighted by atomic mass is 9.87. The predicted octanol–water partition coefficient (Wildman–Crippen LogP) is 6.44. The number of amides is 1. The van der Waals surface area contributed by atoms with Crippen molar-refractivity contribution in [3.05, 3.63) is 94.5 Å². The maximum absolute atomic E-state index is 12.6. The molecule has 0 saturated heterocycles. The molecule has 0 fully saturated rings. The van der Waals surface area contributed by atoms with E-state index in [1.807, 2.05) is 30.5 Å². The molecule has 4 heteroatoms. The number of thiazole rings is 1. The molecule has 146 valence electrons. The molecule has 1 N–H and O–H groups in total. The topological polar surface area (TPSA) is 42.0 Å². The van der Waals surface area contributed by atoms with Gasteiger partial charge in [0.25, 0.3) is 5.91 Å². The fourth-order valence-corrected chi connectivity index (χ4v) is 4.20. The third-order valence-electron chi connectivity index (χ3n) is 5.03. The Hall–Kier alpha value is -2.98. The van der Waals surface area contributed by atoms with Gasteiger partial charge in [0, 0.05) is 23.1 Å². The first-order valence-corrected chi connectivity index (χ1v) is 10.5. The monoisotopic (exact) mass is 400 g/mol. The number of fused-ring (bicyclic) bond motifs is 1. The molecule has 4 aromatic rings. The van der Waals surface area contributed by atoms with E-state index in [4.69, 9.17) is 0 Å². The SMILES string of the molecule is CC(C)(C)c1ccc(C(=O)Nc2ncc(Cc3cccc4ccccc34)s2)cc1. The van der Waals surface area contributed by atoms with Crippen LogP contribution in [0.25, 0.3) is 10.8 Å². The molecule has 0 unspecified atom stereocenters. The maximum atomic E-state index is 12.6. The normalized spacial score (nSPS) is 11.6. The molecule has 1 amide bonds. The fraction of sp³-hybridized carbons (Fsp3) is 0.200. The third kappa shape index (κ3) is 4.38. The molecule has 0 saturated carbocycles. The zero-order valence-corrected chi connectivity index (χ0v) is 17.7. The largest absolute Gasteiger partial charge is 0.298 e. The van der Waals surface area contributed by atoms with Gasteiger partial charge in [-0.1, -0.05) is 75.4 Å². The lowest BCUT2D eigenvalue weighted by Gasteiger charge is -2.18. The molecule has 0 aliphatic rings. The van der Waals surface area contributed by atoms with Gasteiger partial charge in [0.05, 0.1) is 0 Å². The van der Waals surface area contributed by atoms with Crippen molar-refractivity contribution >= 4 is 33.1 Å². The van der Waals surface area contributed by atoms with Crippen molar-refractivity contribution in [2.24, 2.45) is 0 Å².